The second kappa shape index (κ2) is 11.6. The van der Waals surface area contributed by atoms with E-state index in [9.17, 15) is 4.79 Å². The van der Waals surface area contributed by atoms with Crippen molar-refractivity contribution in [2.24, 2.45) is 5.92 Å². The van der Waals surface area contributed by atoms with Crippen LogP contribution in [-0.2, 0) is 0 Å². The number of ether oxygens (including phenoxy) is 3. The molecule has 32 heavy (non-hydrogen) atoms. The molecule has 2 aromatic carbocycles. The zero-order chi connectivity index (χ0) is 22.9. The van der Waals surface area contributed by atoms with Crippen molar-refractivity contribution >= 4 is 38.6 Å². The quantitative estimate of drug-likeness (QED) is 0.334. The van der Waals surface area contributed by atoms with Gasteiger partial charge in [0, 0.05) is 35.2 Å². The smallest absolute Gasteiger partial charge is 0.319 e. The predicted molar refractivity (Wildman–Crippen MR) is 131 cm³/mol. The number of fused-ring (bicyclic) bond motifs is 1. The van der Waals surface area contributed by atoms with E-state index < -0.39 is 0 Å². The fourth-order valence-electron chi connectivity index (χ4n) is 3.02. The van der Waals surface area contributed by atoms with Crippen LogP contribution in [0.25, 0.3) is 10.9 Å². The first kappa shape index (κ1) is 23.7. The van der Waals surface area contributed by atoms with Crippen molar-refractivity contribution < 1.29 is 19.0 Å². The largest absolute Gasteiger partial charge is 0.493 e. The molecule has 0 radical (unpaired) electrons. The van der Waals surface area contributed by atoms with Gasteiger partial charge in [0.15, 0.2) is 11.5 Å². The van der Waals surface area contributed by atoms with Crippen LogP contribution in [0.3, 0.4) is 0 Å². The van der Waals surface area contributed by atoms with Gasteiger partial charge in [-0.1, -0.05) is 29.8 Å². The Labute approximate surface area is 196 Å². The first-order valence-electron chi connectivity index (χ1n) is 10.5. The topological polar surface area (TPSA) is 81.7 Å². The van der Waals surface area contributed by atoms with Gasteiger partial charge in [-0.05, 0) is 48.7 Å². The summed E-state index contributed by atoms with van der Waals surface area (Å²) in [6.07, 6.45) is 2.63. The van der Waals surface area contributed by atoms with Crippen LogP contribution in [0.15, 0.2) is 48.7 Å². The number of alkyl halides is 1. The number of hydrogen-bond donors (Lipinski definition) is 2. The maximum absolute atomic E-state index is 12.0. The highest BCUT2D eigenvalue weighted by Gasteiger charge is 2.12. The Morgan fingerprint density at radius 3 is 2.56 bits per heavy atom. The Bertz CT molecular complexity index is 1040. The van der Waals surface area contributed by atoms with E-state index in [2.05, 4.69) is 45.4 Å². The van der Waals surface area contributed by atoms with Crippen molar-refractivity contribution in [3.05, 3.63) is 48.7 Å². The molecule has 3 aromatic rings. The van der Waals surface area contributed by atoms with Gasteiger partial charge in [0.05, 0.1) is 19.2 Å². The van der Waals surface area contributed by atoms with E-state index in [-0.39, 0.29) is 6.03 Å². The van der Waals surface area contributed by atoms with Crippen LogP contribution in [0.4, 0.5) is 10.5 Å². The van der Waals surface area contributed by atoms with Crippen molar-refractivity contribution in [1.29, 1.82) is 0 Å². The van der Waals surface area contributed by atoms with Gasteiger partial charge in [0.25, 0.3) is 0 Å². The van der Waals surface area contributed by atoms with Crippen LogP contribution in [0.5, 0.6) is 23.0 Å². The van der Waals surface area contributed by atoms with E-state index in [0.717, 1.165) is 22.7 Å². The second-order valence-corrected chi connectivity index (χ2v) is 8.35. The number of rotatable bonds is 10. The molecule has 0 saturated carbocycles. The van der Waals surface area contributed by atoms with E-state index in [1.165, 1.54) is 0 Å². The van der Waals surface area contributed by atoms with E-state index in [1.807, 2.05) is 12.1 Å². The Morgan fingerprint density at radius 1 is 1.09 bits per heavy atom. The number of nitrogens with one attached hydrogen (secondary N) is 2. The van der Waals surface area contributed by atoms with E-state index >= 15 is 0 Å². The summed E-state index contributed by atoms with van der Waals surface area (Å²) in [6.45, 7) is 5.41. The monoisotopic (exact) mass is 501 g/mol. The molecule has 2 amide bonds. The molecule has 0 bridgehead atoms. The van der Waals surface area contributed by atoms with Crippen molar-refractivity contribution in [2.45, 2.75) is 20.3 Å². The average molecular weight is 502 g/mol. The molecule has 0 spiro atoms. The minimum absolute atomic E-state index is 0.218. The SMILES string of the molecule is COc1cc2c(Oc3ccc(NC(=O)NCCC(C)C)cc3)ccnc2cc1OCCBr. The molecule has 2 N–H and O–H groups in total. The van der Waals surface area contributed by atoms with Crippen molar-refractivity contribution in [3.8, 4) is 23.0 Å². The summed E-state index contributed by atoms with van der Waals surface area (Å²) in [5, 5.41) is 7.20. The summed E-state index contributed by atoms with van der Waals surface area (Å²) < 4.78 is 17.3. The van der Waals surface area contributed by atoms with Crippen LogP contribution in [0, 0.1) is 5.92 Å². The molecule has 1 heterocycles. The van der Waals surface area contributed by atoms with E-state index in [4.69, 9.17) is 14.2 Å². The Morgan fingerprint density at radius 2 is 1.88 bits per heavy atom. The van der Waals surface area contributed by atoms with Crippen LogP contribution >= 0.6 is 15.9 Å². The number of aromatic nitrogens is 1. The minimum Gasteiger partial charge on any atom is -0.493 e. The zero-order valence-electron chi connectivity index (χ0n) is 18.5. The van der Waals surface area contributed by atoms with Crippen LogP contribution in [0.2, 0.25) is 0 Å². The Balaban J connectivity index is 1.71. The van der Waals surface area contributed by atoms with Gasteiger partial charge in [0.1, 0.15) is 11.5 Å². The van der Waals surface area contributed by atoms with Gasteiger partial charge in [-0.15, -0.1) is 0 Å². The van der Waals surface area contributed by atoms with Crippen molar-refractivity contribution in [2.75, 3.05) is 30.9 Å². The van der Waals surface area contributed by atoms with Gasteiger partial charge in [-0.2, -0.15) is 0 Å². The molecule has 0 aliphatic heterocycles. The maximum Gasteiger partial charge on any atom is 0.319 e. The highest BCUT2D eigenvalue weighted by molar-refractivity contribution is 9.09. The Kier molecular flexibility index (Phi) is 8.56. The summed E-state index contributed by atoms with van der Waals surface area (Å²) in [5.74, 6) is 3.07. The summed E-state index contributed by atoms with van der Waals surface area (Å²) >= 11 is 3.36. The lowest BCUT2D eigenvalue weighted by molar-refractivity contribution is 0.251. The number of carbonyl (C=O) groups excluding carboxylic acids is 1. The number of anilines is 1. The van der Waals surface area contributed by atoms with Gasteiger partial charge in [-0.3, -0.25) is 4.98 Å². The highest BCUT2D eigenvalue weighted by Crippen LogP contribution is 2.37. The average Bonchev–Trinajstić information content (AvgIpc) is 2.78. The lowest BCUT2D eigenvalue weighted by atomic mass is 10.1. The third-order valence-corrected chi connectivity index (χ3v) is 4.99. The molecule has 0 atom stereocenters. The molecule has 8 heteroatoms. The summed E-state index contributed by atoms with van der Waals surface area (Å²) in [4.78, 5) is 16.4. The lowest BCUT2D eigenvalue weighted by Crippen LogP contribution is -2.30. The number of carbonyl (C=O) groups is 1. The molecule has 0 fully saturated rings. The fourth-order valence-corrected chi connectivity index (χ4v) is 3.18. The molecule has 0 unspecified atom stereocenters. The number of methoxy groups -OCH3 is 1. The molecule has 1 aromatic heterocycles. The molecule has 170 valence electrons. The number of pyridine rings is 1. The third kappa shape index (κ3) is 6.50. The predicted octanol–water partition coefficient (Wildman–Crippen LogP) is 5.98. The number of benzene rings is 2. The van der Waals surface area contributed by atoms with Crippen LogP contribution in [-0.4, -0.2) is 36.6 Å². The number of hydrogen-bond acceptors (Lipinski definition) is 5. The summed E-state index contributed by atoms with van der Waals surface area (Å²) in [5.41, 5.74) is 1.43. The van der Waals surface area contributed by atoms with Crippen molar-refractivity contribution in [3.63, 3.8) is 0 Å². The normalized spacial score (nSPS) is 10.8. The van der Waals surface area contributed by atoms with Crippen LogP contribution < -0.4 is 24.8 Å². The number of amides is 2. The van der Waals surface area contributed by atoms with E-state index in [0.29, 0.717) is 47.8 Å². The lowest BCUT2D eigenvalue weighted by Gasteiger charge is -2.14. The number of nitrogens with zero attached hydrogens (tertiary/aromatic N) is 1. The number of urea groups is 1. The zero-order valence-corrected chi connectivity index (χ0v) is 20.1. The molecule has 0 aliphatic rings. The van der Waals surface area contributed by atoms with Gasteiger partial charge < -0.3 is 24.8 Å². The standard InChI is InChI=1S/C24H28BrN3O4/c1-16(2)8-11-27-24(29)28-17-4-6-18(7-5-17)32-21-9-12-26-20-15-23(31-13-10-25)22(30-3)14-19(20)21/h4-7,9,12,14-16H,8,10-11,13H2,1-3H3,(H2,27,28,29). The van der Waals surface area contributed by atoms with E-state index in [1.54, 1.807) is 43.6 Å². The molecule has 0 saturated heterocycles. The number of halogens is 1. The molecule has 7 nitrogen and oxygen atoms in total. The van der Waals surface area contributed by atoms with Gasteiger partial charge >= 0.3 is 6.03 Å². The van der Waals surface area contributed by atoms with Crippen LogP contribution in [0.1, 0.15) is 20.3 Å². The van der Waals surface area contributed by atoms with Crippen molar-refractivity contribution in [1.82, 2.24) is 10.3 Å². The third-order valence-electron chi connectivity index (χ3n) is 4.67. The molecule has 3 rings (SSSR count). The first-order valence-corrected chi connectivity index (χ1v) is 11.6. The first-order chi connectivity index (χ1) is 15.5. The fraction of sp³-hybridized carbons (Fsp3) is 0.333. The summed E-state index contributed by atoms with van der Waals surface area (Å²) in [6, 6.07) is 12.5. The molecular formula is C24H28BrN3O4. The minimum atomic E-state index is -0.218. The maximum atomic E-state index is 12.0. The summed E-state index contributed by atoms with van der Waals surface area (Å²) in [7, 11) is 1.60. The molecule has 0 aliphatic carbocycles. The van der Waals surface area contributed by atoms with Gasteiger partial charge in [-0.25, -0.2) is 4.79 Å². The highest BCUT2D eigenvalue weighted by atomic mass is 79.9. The molecular weight excluding hydrogens is 474 g/mol. The van der Waals surface area contributed by atoms with Gasteiger partial charge in [0.2, 0.25) is 0 Å². The second-order valence-electron chi connectivity index (χ2n) is 7.56. The Hall–Kier alpha value is -3.00.